The number of carbonyl (C=O) groups excluding carboxylic acids is 1. The lowest BCUT2D eigenvalue weighted by molar-refractivity contribution is -0.118. The third-order valence-electron chi connectivity index (χ3n) is 3.80. The highest BCUT2D eigenvalue weighted by molar-refractivity contribution is 7.19. The van der Waals surface area contributed by atoms with Gasteiger partial charge in [0.25, 0.3) is 5.91 Å². The molecule has 1 aromatic carbocycles. The summed E-state index contributed by atoms with van der Waals surface area (Å²) in [4.78, 5) is 17.5. The summed E-state index contributed by atoms with van der Waals surface area (Å²) in [6.45, 7) is -0.141. The van der Waals surface area contributed by atoms with Crippen molar-refractivity contribution in [1.82, 2.24) is 4.98 Å². The van der Waals surface area contributed by atoms with E-state index in [9.17, 15) is 4.79 Å². The molecule has 4 aromatic rings. The van der Waals surface area contributed by atoms with E-state index in [1.807, 2.05) is 6.07 Å². The number of nitrogens with one attached hydrogen (secondary N) is 1. The van der Waals surface area contributed by atoms with Crippen LogP contribution in [0.15, 0.2) is 69.9 Å². The molecule has 0 fully saturated rings. The maximum absolute atomic E-state index is 12.3. The molecule has 1 N–H and O–H groups in total. The number of rotatable bonds is 7. The summed E-state index contributed by atoms with van der Waals surface area (Å²) in [6.07, 6.45) is 3.16. The van der Waals surface area contributed by atoms with Crippen LogP contribution < -0.4 is 14.8 Å². The summed E-state index contributed by atoms with van der Waals surface area (Å²) >= 11 is 1.30. The number of carbonyl (C=O) groups is 1. The van der Waals surface area contributed by atoms with Crippen molar-refractivity contribution in [2.45, 2.75) is 0 Å². The van der Waals surface area contributed by atoms with Gasteiger partial charge in [-0.15, -0.1) is 0 Å². The van der Waals surface area contributed by atoms with E-state index in [0.717, 1.165) is 10.6 Å². The van der Waals surface area contributed by atoms with E-state index in [4.69, 9.17) is 18.3 Å². The fourth-order valence-electron chi connectivity index (χ4n) is 2.50. The fraction of sp³-hybridized carbons (Fsp3) is 0.100. The molecule has 1 amide bonds. The minimum atomic E-state index is -0.318. The van der Waals surface area contributed by atoms with Gasteiger partial charge in [0, 0.05) is 0 Å². The predicted molar refractivity (Wildman–Crippen MR) is 105 cm³/mol. The van der Waals surface area contributed by atoms with Gasteiger partial charge < -0.3 is 18.3 Å². The molecule has 28 heavy (non-hydrogen) atoms. The maximum atomic E-state index is 12.3. The van der Waals surface area contributed by atoms with E-state index in [-0.39, 0.29) is 12.5 Å². The van der Waals surface area contributed by atoms with Gasteiger partial charge in [-0.1, -0.05) is 11.3 Å². The van der Waals surface area contributed by atoms with Gasteiger partial charge in [0.15, 0.2) is 17.5 Å². The smallest absolute Gasteiger partial charge is 0.264 e. The van der Waals surface area contributed by atoms with Crippen molar-refractivity contribution in [1.29, 1.82) is 0 Å². The Balaban J connectivity index is 1.46. The third kappa shape index (κ3) is 3.91. The topological polar surface area (TPSA) is 86.7 Å². The molecule has 3 heterocycles. The molecule has 3 aromatic heterocycles. The van der Waals surface area contributed by atoms with Crippen molar-refractivity contribution in [3.05, 3.63) is 61.1 Å². The molecule has 0 aliphatic carbocycles. The zero-order valence-corrected chi connectivity index (χ0v) is 15.7. The Morgan fingerprint density at radius 3 is 2.36 bits per heavy atom. The van der Waals surface area contributed by atoms with Gasteiger partial charge in [-0.05, 0) is 48.5 Å². The third-order valence-corrected chi connectivity index (χ3v) is 4.79. The van der Waals surface area contributed by atoms with Crippen LogP contribution in [-0.2, 0) is 4.79 Å². The predicted octanol–water partition coefficient (Wildman–Crippen LogP) is 4.69. The molecule has 0 saturated carbocycles. The van der Waals surface area contributed by atoms with E-state index in [0.29, 0.717) is 28.1 Å². The van der Waals surface area contributed by atoms with Crippen LogP contribution in [0.2, 0.25) is 0 Å². The van der Waals surface area contributed by atoms with Gasteiger partial charge in [-0.25, -0.2) is 4.98 Å². The van der Waals surface area contributed by atoms with Crippen molar-refractivity contribution < 1.29 is 23.1 Å². The van der Waals surface area contributed by atoms with Crippen molar-refractivity contribution >= 4 is 22.4 Å². The average molecular weight is 396 g/mol. The van der Waals surface area contributed by atoms with Crippen LogP contribution in [-0.4, -0.2) is 24.6 Å². The number of hydrogen-bond acceptors (Lipinski definition) is 7. The first kappa shape index (κ1) is 17.9. The van der Waals surface area contributed by atoms with Crippen LogP contribution in [0.25, 0.3) is 22.1 Å². The van der Waals surface area contributed by atoms with E-state index in [1.54, 1.807) is 62.1 Å². The molecular weight excluding hydrogens is 380 g/mol. The summed E-state index contributed by atoms with van der Waals surface area (Å²) in [6, 6.07) is 14.2. The second-order valence-electron chi connectivity index (χ2n) is 5.66. The Labute approximate surface area is 164 Å². The number of nitrogens with zero attached hydrogens (tertiary/aromatic N) is 1. The summed E-state index contributed by atoms with van der Waals surface area (Å²) < 4.78 is 21.5. The lowest BCUT2D eigenvalue weighted by atomic mass is 10.2. The minimum Gasteiger partial charge on any atom is -0.497 e. The van der Waals surface area contributed by atoms with Crippen molar-refractivity contribution in [3.8, 4) is 33.6 Å². The summed E-state index contributed by atoms with van der Waals surface area (Å²) in [7, 11) is 1.59. The number of methoxy groups -OCH3 is 1. The second-order valence-corrected chi connectivity index (χ2v) is 6.66. The first-order valence-corrected chi connectivity index (χ1v) is 9.20. The first-order chi connectivity index (χ1) is 13.7. The Morgan fingerprint density at radius 2 is 1.71 bits per heavy atom. The molecule has 8 heteroatoms. The molecule has 0 aliphatic heterocycles. The zero-order valence-electron chi connectivity index (χ0n) is 14.9. The quantitative estimate of drug-likeness (QED) is 0.488. The van der Waals surface area contributed by atoms with Gasteiger partial charge >= 0.3 is 0 Å². The Bertz CT molecular complexity index is 985. The zero-order chi connectivity index (χ0) is 19.3. The normalized spacial score (nSPS) is 10.6. The summed E-state index contributed by atoms with van der Waals surface area (Å²) in [5.41, 5.74) is 0.608. The SMILES string of the molecule is COc1ccc(OCC(=O)Nc2nc(-c3ccco3)c(-c3ccco3)s2)cc1. The second kappa shape index (κ2) is 8.01. The number of furan rings is 2. The van der Waals surface area contributed by atoms with Gasteiger partial charge in [0.05, 0.1) is 19.6 Å². The number of amides is 1. The highest BCUT2D eigenvalue weighted by Gasteiger charge is 2.20. The van der Waals surface area contributed by atoms with Gasteiger partial charge in [0.2, 0.25) is 0 Å². The molecule has 7 nitrogen and oxygen atoms in total. The van der Waals surface area contributed by atoms with Crippen molar-refractivity contribution in [2.75, 3.05) is 19.0 Å². The Morgan fingerprint density at radius 1 is 1.04 bits per heavy atom. The van der Waals surface area contributed by atoms with Crippen LogP contribution in [0.3, 0.4) is 0 Å². The number of anilines is 1. The molecule has 0 radical (unpaired) electrons. The molecule has 0 saturated heterocycles. The first-order valence-electron chi connectivity index (χ1n) is 8.38. The van der Waals surface area contributed by atoms with Crippen molar-refractivity contribution in [3.63, 3.8) is 0 Å². The number of ether oxygens (including phenoxy) is 2. The van der Waals surface area contributed by atoms with Gasteiger partial charge in [0.1, 0.15) is 27.8 Å². The maximum Gasteiger partial charge on any atom is 0.264 e. The van der Waals surface area contributed by atoms with Crippen molar-refractivity contribution in [2.24, 2.45) is 0 Å². The van der Waals surface area contributed by atoms with E-state index in [2.05, 4.69) is 10.3 Å². The van der Waals surface area contributed by atoms with Crippen LogP contribution >= 0.6 is 11.3 Å². The van der Waals surface area contributed by atoms with Crippen LogP contribution in [0.1, 0.15) is 0 Å². The van der Waals surface area contributed by atoms with E-state index in [1.165, 1.54) is 11.3 Å². The molecule has 0 unspecified atom stereocenters. The number of hydrogen-bond donors (Lipinski definition) is 1. The summed E-state index contributed by atoms with van der Waals surface area (Å²) in [5.74, 6) is 2.22. The molecule has 0 aliphatic rings. The average Bonchev–Trinajstić information content (AvgIpc) is 3.47. The Hall–Kier alpha value is -3.52. The van der Waals surface area contributed by atoms with Crippen LogP contribution in [0, 0.1) is 0 Å². The number of aromatic nitrogens is 1. The Kier molecular flexibility index (Phi) is 5.11. The largest absolute Gasteiger partial charge is 0.497 e. The molecule has 0 atom stereocenters. The molecule has 4 rings (SSSR count). The summed E-state index contributed by atoms with van der Waals surface area (Å²) in [5, 5.41) is 3.19. The number of thiazole rings is 1. The number of benzene rings is 1. The fourth-order valence-corrected chi connectivity index (χ4v) is 3.46. The molecular formula is C20H16N2O5S. The van der Waals surface area contributed by atoms with Gasteiger partial charge in [-0.2, -0.15) is 0 Å². The van der Waals surface area contributed by atoms with E-state index < -0.39 is 0 Å². The lowest BCUT2D eigenvalue weighted by Gasteiger charge is -2.06. The van der Waals surface area contributed by atoms with E-state index >= 15 is 0 Å². The lowest BCUT2D eigenvalue weighted by Crippen LogP contribution is -2.20. The molecule has 0 bridgehead atoms. The molecule has 142 valence electrons. The van der Waals surface area contributed by atoms with Crippen LogP contribution in [0.5, 0.6) is 11.5 Å². The van der Waals surface area contributed by atoms with Crippen LogP contribution in [0.4, 0.5) is 5.13 Å². The highest BCUT2D eigenvalue weighted by Crippen LogP contribution is 2.39. The van der Waals surface area contributed by atoms with Gasteiger partial charge in [-0.3, -0.25) is 10.1 Å². The molecule has 0 spiro atoms. The minimum absolute atomic E-state index is 0.141. The highest BCUT2D eigenvalue weighted by atomic mass is 32.1. The standard InChI is InChI=1S/C20H16N2O5S/c1-24-13-6-8-14(9-7-13)27-12-17(23)21-20-22-18(15-4-2-10-25-15)19(28-20)16-5-3-11-26-16/h2-11H,12H2,1H3,(H,21,22,23). The monoisotopic (exact) mass is 396 g/mol.